The standard InChI is InChI=1S/C27H42/c1-19(2)9-8-10-20(3)23-14-15-24-22-13-12-21-11-6-7-17-26(21,4)25(22)16-18-27(23,24)5/h6,11-13,19-20,23-25H,7-10,14-18H2,1-5H3/t20-,23-,24+,25+,26+,27-/m1/s1. The second-order valence-corrected chi connectivity index (χ2v) is 11.3. The van der Waals surface area contributed by atoms with E-state index in [-0.39, 0.29) is 0 Å². The van der Waals surface area contributed by atoms with Crippen LogP contribution in [-0.2, 0) is 0 Å². The second kappa shape index (κ2) is 7.23. The predicted molar refractivity (Wildman–Crippen MR) is 118 cm³/mol. The van der Waals surface area contributed by atoms with E-state index in [2.05, 4.69) is 58.9 Å². The van der Waals surface area contributed by atoms with Gasteiger partial charge < -0.3 is 0 Å². The van der Waals surface area contributed by atoms with Crippen molar-refractivity contribution >= 4 is 0 Å². The zero-order valence-electron chi connectivity index (χ0n) is 18.6. The molecule has 6 atom stereocenters. The SMILES string of the molecule is CC(C)CCC[C@@H](C)[C@H]1CC[C@H]2C3=CC=C4C=CCC[C@]4(C)[C@H]3CC[C@]12C. The summed E-state index contributed by atoms with van der Waals surface area (Å²) in [6, 6.07) is 0. The maximum Gasteiger partial charge on any atom is -0.000685 e. The molecule has 0 N–H and O–H groups in total. The minimum absolute atomic E-state index is 0.418. The van der Waals surface area contributed by atoms with Crippen LogP contribution in [0.3, 0.4) is 0 Å². The van der Waals surface area contributed by atoms with Crippen molar-refractivity contribution in [3.05, 3.63) is 35.5 Å². The van der Waals surface area contributed by atoms with E-state index in [9.17, 15) is 0 Å². The molecule has 4 aliphatic carbocycles. The lowest BCUT2D eigenvalue weighted by atomic mass is 9.50. The van der Waals surface area contributed by atoms with Gasteiger partial charge in [-0.3, -0.25) is 0 Å². The summed E-state index contributed by atoms with van der Waals surface area (Å²) in [5, 5.41) is 0. The average molecular weight is 367 g/mol. The highest BCUT2D eigenvalue weighted by molar-refractivity contribution is 5.43. The van der Waals surface area contributed by atoms with Crippen molar-refractivity contribution in [1.29, 1.82) is 0 Å². The molecule has 150 valence electrons. The van der Waals surface area contributed by atoms with Crippen molar-refractivity contribution in [3.8, 4) is 0 Å². The summed E-state index contributed by atoms with van der Waals surface area (Å²) in [6.45, 7) is 12.6. The van der Waals surface area contributed by atoms with Gasteiger partial charge in [0.2, 0.25) is 0 Å². The largest absolute Gasteiger partial charge is 0.0842 e. The Hall–Kier alpha value is -0.780. The summed E-state index contributed by atoms with van der Waals surface area (Å²) in [5.41, 5.74) is 4.44. The van der Waals surface area contributed by atoms with Crippen LogP contribution in [0.15, 0.2) is 35.5 Å². The maximum atomic E-state index is 2.67. The molecule has 2 fully saturated rings. The van der Waals surface area contributed by atoms with Gasteiger partial charge in [-0.25, -0.2) is 0 Å². The third kappa shape index (κ3) is 3.20. The van der Waals surface area contributed by atoms with Gasteiger partial charge in [0, 0.05) is 0 Å². The second-order valence-electron chi connectivity index (χ2n) is 11.3. The fourth-order valence-electron chi connectivity index (χ4n) is 7.67. The zero-order chi connectivity index (χ0) is 19.2. The summed E-state index contributed by atoms with van der Waals surface area (Å²) >= 11 is 0. The zero-order valence-corrected chi connectivity index (χ0v) is 18.6. The highest BCUT2D eigenvalue weighted by atomic mass is 14.6. The van der Waals surface area contributed by atoms with E-state index in [0.29, 0.717) is 10.8 Å². The first kappa shape index (κ1) is 19.5. The molecule has 0 aliphatic heterocycles. The van der Waals surface area contributed by atoms with Crippen molar-refractivity contribution < 1.29 is 0 Å². The highest BCUT2D eigenvalue weighted by Gasteiger charge is 2.56. The minimum atomic E-state index is 0.418. The van der Waals surface area contributed by atoms with E-state index in [0.717, 1.165) is 29.6 Å². The van der Waals surface area contributed by atoms with Crippen molar-refractivity contribution in [2.75, 3.05) is 0 Å². The van der Waals surface area contributed by atoms with Crippen LogP contribution in [-0.4, -0.2) is 0 Å². The van der Waals surface area contributed by atoms with Crippen LogP contribution in [0.1, 0.15) is 92.4 Å². The van der Waals surface area contributed by atoms with Crippen LogP contribution in [0, 0.1) is 40.4 Å². The number of hydrogen-bond acceptors (Lipinski definition) is 0. The lowest BCUT2D eigenvalue weighted by molar-refractivity contribution is 0.0524. The molecule has 4 rings (SSSR count). The average Bonchev–Trinajstić information content (AvgIpc) is 2.98. The van der Waals surface area contributed by atoms with Crippen molar-refractivity contribution in [2.45, 2.75) is 92.4 Å². The van der Waals surface area contributed by atoms with E-state index in [4.69, 9.17) is 0 Å². The molecule has 0 bridgehead atoms. The molecule has 0 unspecified atom stereocenters. The van der Waals surface area contributed by atoms with Gasteiger partial charge in [0.25, 0.3) is 0 Å². The molecule has 0 saturated heterocycles. The van der Waals surface area contributed by atoms with Gasteiger partial charge in [0.1, 0.15) is 0 Å². The summed E-state index contributed by atoms with van der Waals surface area (Å²) in [4.78, 5) is 0. The molecule has 0 aromatic rings. The molecule has 0 heterocycles. The summed E-state index contributed by atoms with van der Waals surface area (Å²) in [5.74, 6) is 4.38. The summed E-state index contributed by atoms with van der Waals surface area (Å²) in [6.07, 6.45) is 22.6. The molecule has 0 radical (unpaired) electrons. The van der Waals surface area contributed by atoms with Gasteiger partial charge >= 0.3 is 0 Å². The Morgan fingerprint density at radius 1 is 0.963 bits per heavy atom. The van der Waals surface area contributed by atoms with E-state index < -0.39 is 0 Å². The predicted octanol–water partition coefficient (Wildman–Crippen LogP) is 8.11. The molecule has 4 aliphatic rings. The Morgan fingerprint density at radius 2 is 1.78 bits per heavy atom. The monoisotopic (exact) mass is 366 g/mol. The molecule has 0 aromatic carbocycles. The van der Waals surface area contributed by atoms with Crippen molar-refractivity contribution in [1.82, 2.24) is 0 Å². The van der Waals surface area contributed by atoms with Crippen LogP contribution in [0.25, 0.3) is 0 Å². The first-order chi connectivity index (χ1) is 12.9. The Morgan fingerprint density at radius 3 is 2.56 bits per heavy atom. The number of fused-ring (bicyclic) bond motifs is 5. The Labute approximate surface area is 168 Å². The molecule has 0 nitrogen and oxygen atoms in total. The van der Waals surface area contributed by atoms with Gasteiger partial charge in [0.05, 0.1) is 0 Å². The van der Waals surface area contributed by atoms with Gasteiger partial charge in [-0.1, -0.05) is 83.8 Å². The third-order valence-electron chi connectivity index (χ3n) is 9.33. The van der Waals surface area contributed by atoms with Crippen LogP contribution in [0.4, 0.5) is 0 Å². The molecule has 0 aromatic heterocycles. The fourth-order valence-corrected chi connectivity index (χ4v) is 7.67. The van der Waals surface area contributed by atoms with Crippen LogP contribution in [0.2, 0.25) is 0 Å². The van der Waals surface area contributed by atoms with E-state index in [1.807, 2.05) is 5.57 Å². The van der Waals surface area contributed by atoms with Gasteiger partial charge in [0.15, 0.2) is 0 Å². The van der Waals surface area contributed by atoms with Gasteiger partial charge in [-0.2, -0.15) is 0 Å². The normalized spacial score (nSPS) is 41.5. The quantitative estimate of drug-likeness (QED) is 0.461. The molecular weight excluding hydrogens is 324 g/mol. The summed E-state index contributed by atoms with van der Waals surface area (Å²) < 4.78 is 0. The molecule has 2 saturated carbocycles. The molecular formula is C27H42. The Balaban J connectivity index is 1.53. The summed E-state index contributed by atoms with van der Waals surface area (Å²) in [7, 11) is 0. The highest BCUT2D eigenvalue weighted by Crippen LogP contribution is 2.65. The van der Waals surface area contributed by atoms with Gasteiger partial charge in [-0.15, -0.1) is 0 Å². The lowest BCUT2D eigenvalue weighted by Crippen LogP contribution is -2.45. The third-order valence-corrected chi connectivity index (χ3v) is 9.33. The molecule has 0 heteroatoms. The van der Waals surface area contributed by atoms with Crippen LogP contribution < -0.4 is 0 Å². The molecule has 0 amide bonds. The Bertz CT molecular complexity index is 647. The van der Waals surface area contributed by atoms with Crippen LogP contribution >= 0.6 is 0 Å². The molecule has 0 spiro atoms. The number of allylic oxidation sites excluding steroid dienone is 6. The lowest BCUT2D eigenvalue weighted by Gasteiger charge is -2.54. The Kier molecular flexibility index (Phi) is 5.23. The first-order valence-electron chi connectivity index (χ1n) is 11.9. The maximum absolute atomic E-state index is 2.67. The van der Waals surface area contributed by atoms with Crippen molar-refractivity contribution in [2.24, 2.45) is 40.4 Å². The topological polar surface area (TPSA) is 0 Å². The van der Waals surface area contributed by atoms with E-state index in [1.165, 1.54) is 57.8 Å². The van der Waals surface area contributed by atoms with Crippen molar-refractivity contribution in [3.63, 3.8) is 0 Å². The number of rotatable bonds is 5. The smallest absolute Gasteiger partial charge is 0.000685 e. The van der Waals surface area contributed by atoms with E-state index >= 15 is 0 Å². The molecule has 27 heavy (non-hydrogen) atoms. The first-order valence-corrected chi connectivity index (χ1v) is 11.9. The fraction of sp³-hybridized carbons (Fsp3) is 0.778. The minimum Gasteiger partial charge on any atom is -0.0842 e. The van der Waals surface area contributed by atoms with E-state index in [1.54, 1.807) is 5.57 Å². The number of hydrogen-bond donors (Lipinski definition) is 0. The van der Waals surface area contributed by atoms with Crippen LogP contribution in [0.5, 0.6) is 0 Å². The van der Waals surface area contributed by atoms with Gasteiger partial charge in [-0.05, 0) is 84.5 Å².